The Bertz CT molecular complexity index is 975. The van der Waals surface area contributed by atoms with Crippen molar-refractivity contribution in [1.82, 2.24) is 4.57 Å². The summed E-state index contributed by atoms with van der Waals surface area (Å²) in [7, 11) is 1.63. The fourth-order valence-electron chi connectivity index (χ4n) is 2.64. The molecule has 0 saturated carbocycles. The van der Waals surface area contributed by atoms with E-state index in [0.29, 0.717) is 5.69 Å². The summed E-state index contributed by atoms with van der Waals surface area (Å²) in [6.07, 6.45) is 1.70. The van der Waals surface area contributed by atoms with Crippen molar-refractivity contribution in [2.75, 3.05) is 7.11 Å². The minimum absolute atomic E-state index is 0.0306. The van der Waals surface area contributed by atoms with Gasteiger partial charge in [-0.2, -0.15) is 0 Å². The van der Waals surface area contributed by atoms with Gasteiger partial charge in [0.2, 0.25) is 0 Å². The number of hydrogen-bond acceptors (Lipinski definition) is 3. The highest BCUT2D eigenvalue weighted by Crippen LogP contribution is 2.23. The summed E-state index contributed by atoms with van der Waals surface area (Å²) in [5.41, 5.74) is 3.46. The van der Waals surface area contributed by atoms with Gasteiger partial charge >= 0.3 is 5.97 Å². The molecule has 6 heteroatoms. The molecule has 0 fully saturated rings. The number of carbonyl (C=O) groups is 1. The van der Waals surface area contributed by atoms with Crippen LogP contribution < -0.4 is 4.74 Å². The van der Waals surface area contributed by atoms with E-state index >= 15 is 0 Å². The van der Waals surface area contributed by atoms with Crippen molar-refractivity contribution in [3.63, 3.8) is 0 Å². The van der Waals surface area contributed by atoms with E-state index in [1.807, 2.05) is 43.3 Å². The first kappa shape index (κ1) is 17.8. The van der Waals surface area contributed by atoms with E-state index in [2.05, 4.69) is 9.56 Å². The van der Waals surface area contributed by atoms with Crippen LogP contribution in [0.5, 0.6) is 5.75 Å². The maximum atomic E-state index is 11.2. The van der Waals surface area contributed by atoms with Crippen molar-refractivity contribution < 1.29 is 14.6 Å². The normalized spacial score (nSPS) is 11.0. The van der Waals surface area contributed by atoms with Gasteiger partial charge in [-0.25, -0.2) is 4.79 Å². The van der Waals surface area contributed by atoms with E-state index < -0.39 is 5.97 Å². The van der Waals surface area contributed by atoms with Crippen molar-refractivity contribution in [2.45, 2.75) is 6.92 Å². The van der Waals surface area contributed by atoms with Crippen LogP contribution in [0.25, 0.3) is 5.69 Å². The van der Waals surface area contributed by atoms with Crippen molar-refractivity contribution in [2.24, 2.45) is 4.99 Å². The van der Waals surface area contributed by atoms with Gasteiger partial charge < -0.3 is 14.4 Å². The molecule has 0 unspecified atom stereocenters. The molecule has 0 aliphatic rings. The number of hydrogen-bond donors (Lipinski definition) is 1. The van der Waals surface area contributed by atoms with Crippen LogP contribution in [0.2, 0.25) is 5.02 Å². The van der Waals surface area contributed by atoms with Crippen LogP contribution in [0.1, 0.15) is 21.7 Å². The highest BCUT2D eigenvalue weighted by molar-refractivity contribution is 6.33. The zero-order chi connectivity index (χ0) is 18.7. The number of aromatic carboxylic acids is 1. The topological polar surface area (TPSA) is 63.8 Å². The molecule has 0 saturated heterocycles. The molecular formula is C20H17ClN2O3. The molecule has 3 aromatic rings. The van der Waals surface area contributed by atoms with E-state index in [-0.39, 0.29) is 10.6 Å². The van der Waals surface area contributed by atoms with Gasteiger partial charge in [0.1, 0.15) is 5.75 Å². The molecule has 3 rings (SSSR count). The minimum Gasteiger partial charge on any atom is -0.497 e. The Kier molecular flexibility index (Phi) is 5.09. The molecule has 5 nitrogen and oxygen atoms in total. The summed E-state index contributed by atoms with van der Waals surface area (Å²) >= 11 is 5.89. The third-order valence-electron chi connectivity index (χ3n) is 3.96. The van der Waals surface area contributed by atoms with Crippen molar-refractivity contribution >= 4 is 29.5 Å². The summed E-state index contributed by atoms with van der Waals surface area (Å²) < 4.78 is 7.25. The van der Waals surface area contributed by atoms with Crippen LogP contribution in [-0.4, -0.2) is 29.0 Å². The average molecular weight is 369 g/mol. The molecule has 0 bridgehead atoms. The first-order chi connectivity index (χ1) is 12.5. The van der Waals surface area contributed by atoms with Gasteiger partial charge in [-0.05, 0) is 61.5 Å². The number of carboxylic acid groups (broad SMARTS) is 1. The first-order valence-corrected chi connectivity index (χ1v) is 8.27. The summed E-state index contributed by atoms with van der Waals surface area (Å²) in [5, 5.41) is 9.35. The number of aromatic nitrogens is 1. The summed E-state index contributed by atoms with van der Waals surface area (Å²) in [6, 6.07) is 16.3. The molecule has 1 heterocycles. The molecule has 1 N–H and O–H groups in total. The van der Waals surface area contributed by atoms with Crippen molar-refractivity contribution in [3.8, 4) is 11.4 Å². The summed E-state index contributed by atoms with van der Waals surface area (Å²) in [4.78, 5) is 15.6. The lowest BCUT2D eigenvalue weighted by atomic mass is 10.2. The summed E-state index contributed by atoms with van der Waals surface area (Å²) in [5.74, 6) is -0.291. The largest absolute Gasteiger partial charge is 0.497 e. The molecule has 0 amide bonds. The zero-order valence-electron chi connectivity index (χ0n) is 14.3. The van der Waals surface area contributed by atoms with Crippen molar-refractivity contribution in [3.05, 3.63) is 76.6 Å². The number of rotatable bonds is 5. The number of halogens is 1. The molecule has 0 atom stereocenters. The predicted molar refractivity (Wildman–Crippen MR) is 103 cm³/mol. The van der Waals surface area contributed by atoms with Crippen molar-refractivity contribution in [1.29, 1.82) is 0 Å². The van der Waals surface area contributed by atoms with Crippen LogP contribution in [-0.2, 0) is 0 Å². The monoisotopic (exact) mass is 368 g/mol. The van der Waals surface area contributed by atoms with E-state index in [1.165, 1.54) is 12.1 Å². The number of methoxy groups -OCH3 is 1. The number of benzene rings is 2. The number of ether oxygens (including phenoxy) is 1. The minimum atomic E-state index is -1.08. The molecule has 132 valence electrons. The van der Waals surface area contributed by atoms with Gasteiger partial charge in [0.05, 0.1) is 35.3 Å². The Hall–Kier alpha value is -3.05. The Morgan fingerprint density at radius 1 is 1.15 bits per heavy atom. The molecule has 0 aliphatic carbocycles. The van der Waals surface area contributed by atoms with E-state index in [0.717, 1.165) is 22.8 Å². The van der Waals surface area contributed by atoms with Gasteiger partial charge in [-0.1, -0.05) is 11.6 Å². The third kappa shape index (κ3) is 3.63. The van der Waals surface area contributed by atoms with Gasteiger partial charge in [-0.3, -0.25) is 4.99 Å². The predicted octanol–water partition coefficient (Wildman–Crippen LogP) is 4.90. The second-order valence-corrected chi connectivity index (χ2v) is 6.07. The SMILES string of the molecule is COc1ccc(-n2c(C)ccc2C=Nc2ccc(Cl)c(C(=O)O)c2)cc1. The first-order valence-electron chi connectivity index (χ1n) is 7.89. The van der Waals surface area contributed by atoms with Gasteiger partial charge in [0.15, 0.2) is 0 Å². The molecule has 26 heavy (non-hydrogen) atoms. The molecule has 2 aromatic carbocycles. The van der Waals surface area contributed by atoms with Gasteiger partial charge in [-0.15, -0.1) is 0 Å². The number of carboxylic acids is 1. The highest BCUT2D eigenvalue weighted by atomic mass is 35.5. The van der Waals surface area contributed by atoms with Gasteiger partial charge in [0, 0.05) is 11.4 Å². The number of aliphatic imine (C=N–C) groups is 1. The van der Waals surface area contributed by atoms with E-state index in [9.17, 15) is 4.79 Å². The number of aryl methyl sites for hydroxylation is 1. The fourth-order valence-corrected chi connectivity index (χ4v) is 2.84. The Morgan fingerprint density at radius 3 is 2.54 bits per heavy atom. The van der Waals surface area contributed by atoms with Crippen LogP contribution in [0.15, 0.2) is 59.6 Å². The number of nitrogens with zero attached hydrogens (tertiary/aromatic N) is 2. The third-order valence-corrected chi connectivity index (χ3v) is 4.29. The lowest BCUT2D eigenvalue weighted by Crippen LogP contribution is -2.01. The molecule has 0 aliphatic heterocycles. The second kappa shape index (κ2) is 7.45. The smallest absolute Gasteiger partial charge is 0.337 e. The molecule has 0 radical (unpaired) electrons. The highest BCUT2D eigenvalue weighted by Gasteiger charge is 2.09. The Balaban J connectivity index is 1.95. The van der Waals surface area contributed by atoms with Crippen LogP contribution in [0.3, 0.4) is 0 Å². The van der Waals surface area contributed by atoms with E-state index in [4.69, 9.17) is 21.4 Å². The lowest BCUT2D eigenvalue weighted by molar-refractivity contribution is 0.0697. The average Bonchev–Trinajstić information content (AvgIpc) is 3.01. The maximum Gasteiger partial charge on any atom is 0.337 e. The molecular weight excluding hydrogens is 352 g/mol. The van der Waals surface area contributed by atoms with Crippen LogP contribution in [0, 0.1) is 6.92 Å². The lowest BCUT2D eigenvalue weighted by Gasteiger charge is -2.10. The van der Waals surface area contributed by atoms with Crippen LogP contribution in [0.4, 0.5) is 5.69 Å². The molecule has 0 spiro atoms. The van der Waals surface area contributed by atoms with Gasteiger partial charge in [0.25, 0.3) is 0 Å². The maximum absolute atomic E-state index is 11.2. The quantitative estimate of drug-likeness (QED) is 0.651. The fraction of sp³-hybridized carbons (Fsp3) is 0.100. The van der Waals surface area contributed by atoms with E-state index in [1.54, 1.807) is 19.4 Å². The Morgan fingerprint density at radius 2 is 1.88 bits per heavy atom. The summed E-state index contributed by atoms with van der Waals surface area (Å²) in [6.45, 7) is 2.01. The molecule has 1 aromatic heterocycles. The Labute approximate surface area is 156 Å². The zero-order valence-corrected chi connectivity index (χ0v) is 15.1. The van der Waals surface area contributed by atoms with Crippen LogP contribution >= 0.6 is 11.6 Å². The second-order valence-electron chi connectivity index (χ2n) is 5.66. The standard InChI is InChI=1S/C20H17ClN2O3/c1-13-3-5-16(23(13)15-6-8-17(26-2)9-7-15)12-22-14-4-10-19(21)18(11-14)20(24)25/h3-12H,1-2H3,(H,24,25).